The van der Waals surface area contributed by atoms with Crippen LogP contribution in [0.15, 0.2) is 93.2 Å². The Morgan fingerprint density at radius 2 is 0.425 bits per heavy atom. The van der Waals surface area contributed by atoms with Crippen molar-refractivity contribution in [3.8, 4) is 0 Å². The predicted octanol–water partition coefficient (Wildman–Crippen LogP) is 14.1. The molecule has 0 heterocycles. The average Bonchev–Trinajstić information content (AvgIpc) is 2.86. The molecular weight excluding hydrogens is 480 g/mol. The monoisotopic (exact) mass is 547 g/mol. The molecule has 0 aliphatic carbocycles. The zero-order valence-corrected chi connectivity index (χ0v) is 28.5. The van der Waals surface area contributed by atoms with Crippen LogP contribution in [0.1, 0.15) is 159 Å². The fourth-order valence-corrected chi connectivity index (χ4v) is 4.63. The molecule has 0 radical (unpaired) electrons. The van der Waals surface area contributed by atoms with E-state index in [0.717, 1.165) is 12.8 Å². The van der Waals surface area contributed by atoms with Gasteiger partial charge in [-0.25, -0.2) is 0 Å². The SMILES string of the molecule is CC(C)=CCCC(C)=CCCC(C)=CCCC(C)=CCCC=C(C)CCC=C(C)CCC=C(C)CCC=C(C)C. The molecule has 0 rings (SSSR count). The Balaban J connectivity index is 4.15. The lowest BCUT2D eigenvalue weighted by Gasteiger charge is -2.03. The first kappa shape index (κ1) is 37.9. The van der Waals surface area contributed by atoms with E-state index in [1.807, 2.05) is 0 Å². The van der Waals surface area contributed by atoms with Crippen LogP contribution in [0.5, 0.6) is 0 Å². The van der Waals surface area contributed by atoms with Crippen molar-refractivity contribution in [1.82, 2.24) is 0 Å². The molecule has 0 atom stereocenters. The van der Waals surface area contributed by atoms with Gasteiger partial charge in [-0.15, -0.1) is 0 Å². The first-order valence-electron chi connectivity index (χ1n) is 16.2. The number of hydrogen-bond acceptors (Lipinski definition) is 0. The second-order valence-corrected chi connectivity index (χ2v) is 12.7. The molecule has 0 unspecified atom stereocenters. The highest BCUT2D eigenvalue weighted by Crippen LogP contribution is 2.16. The predicted molar refractivity (Wildman–Crippen MR) is 186 cm³/mol. The third-order valence-electron chi connectivity index (χ3n) is 7.46. The minimum atomic E-state index is 1.16. The average molecular weight is 547 g/mol. The summed E-state index contributed by atoms with van der Waals surface area (Å²) in [5.41, 5.74) is 12.0. The second kappa shape index (κ2) is 24.7. The third kappa shape index (κ3) is 26.2. The maximum absolute atomic E-state index is 2.45. The van der Waals surface area contributed by atoms with Gasteiger partial charge < -0.3 is 0 Å². The minimum Gasteiger partial charge on any atom is -0.0856 e. The first-order chi connectivity index (χ1) is 19.0. The molecule has 0 aromatic carbocycles. The summed E-state index contributed by atoms with van der Waals surface area (Å²) < 4.78 is 0. The molecular formula is C40H66. The zero-order valence-electron chi connectivity index (χ0n) is 28.5. The van der Waals surface area contributed by atoms with Gasteiger partial charge in [-0.2, -0.15) is 0 Å². The smallest absolute Gasteiger partial charge is 0.0288 e. The Bertz CT molecular complexity index is 847. The van der Waals surface area contributed by atoms with Crippen LogP contribution >= 0.6 is 0 Å². The van der Waals surface area contributed by atoms with E-state index in [2.05, 4.69) is 118 Å². The van der Waals surface area contributed by atoms with Crippen LogP contribution in [-0.2, 0) is 0 Å². The highest BCUT2D eigenvalue weighted by molar-refractivity contribution is 5.09. The van der Waals surface area contributed by atoms with Gasteiger partial charge in [-0.3, -0.25) is 0 Å². The molecule has 0 aromatic rings. The van der Waals surface area contributed by atoms with Crippen molar-refractivity contribution in [1.29, 1.82) is 0 Å². The van der Waals surface area contributed by atoms with Crippen LogP contribution in [-0.4, -0.2) is 0 Å². The van der Waals surface area contributed by atoms with E-state index in [1.165, 1.54) is 122 Å². The summed E-state index contributed by atoms with van der Waals surface area (Å²) in [6.45, 7) is 22.5. The number of allylic oxidation sites excluding steroid dienone is 16. The van der Waals surface area contributed by atoms with E-state index in [-0.39, 0.29) is 0 Å². The number of unbranched alkanes of at least 4 members (excludes halogenated alkanes) is 1. The van der Waals surface area contributed by atoms with Gasteiger partial charge in [0.15, 0.2) is 0 Å². The molecule has 0 aliphatic heterocycles. The highest BCUT2D eigenvalue weighted by atomic mass is 14.0. The number of hydrogen-bond donors (Lipinski definition) is 0. The molecule has 0 bridgehead atoms. The Kier molecular flexibility index (Phi) is 23.4. The van der Waals surface area contributed by atoms with Crippen molar-refractivity contribution in [2.24, 2.45) is 0 Å². The molecule has 226 valence electrons. The first-order valence-corrected chi connectivity index (χ1v) is 16.2. The van der Waals surface area contributed by atoms with E-state index in [0.29, 0.717) is 0 Å². The molecule has 0 aliphatic rings. The standard InChI is InChI=1S/C40H66/c1-33(2)19-13-23-37(7)27-17-31-39(9)29-15-25-35(5)21-11-12-22-36(6)26-16-30-40(10)32-18-28-38(8)24-14-20-34(3)4/h19-22,27-30H,11-18,23-26,31-32H2,1-10H3. The van der Waals surface area contributed by atoms with Crippen molar-refractivity contribution >= 4 is 0 Å². The van der Waals surface area contributed by atoms with E-state index < -0.39 is 0 Å². The van der Waals surface area contributed by atoms with Crippen LogP contribution in [0, 0.1) is 0 Å². The van der Waals surface area contributed by atoms with E-state index in [4.69, 9.17) is 0 Å². The summed E-state index contributed by atoms with van der Waals surface area (Å²) in [7, 11) is 0. The van der Waals surface area contributed by atoms with Gasteiger partial charge in [0.2, 0.25) is 0 Å². The summed E-state index contributed by atoms with van der Waals surface area (Å²) in [5.74, 6) is 0. The van der Waals surface area contributed by atoms with Gasteiger partial charge >= 0.3 is 0 Å². The zero-order chi connectivity index (χ0) is 30.2. The van der Waals surface area contributed by atoms with E-state index in [1.54, 1.807) is 0 Å². The van der Waals surface area contributed by atoms with Crippen LogP contribution in [0.2, 0.25) is 0 Å². The van der Waals surface area contributed by atoms with E-state index >= 15 is 0 Å². The maximum atomic E-state index is 2.45. The summed E-state index contributed by atoms with van der Waals surface area (Å²) in [5, 5.41) is 0. The third-order valence-corrected chi connectivity index (χ3v) is 7.46. The molecule has 0 fully saturated rings. The molecule has 0 saturated carbocycles. The lowest BCUT2D eigenvalue weighted by atomic mass is 10.0. The summed E-state index contributed by atoms with van der Waals surface area (Å²) in [4.78, 5) is 0. The maximum Gasteiger partial charge on any atom is -0.0288 e. The highest BCUT2D eigenvalue weighted by Gasteiger charge is 1.96. The van der Waals surface area contributed by atoms with Gasteiger partial charge in [0.05, 0.1) is 0 Å². The van der Waals surface area contributed by atoms with Crippen LogP contribution in [0.3, 0.4) is 0 Å². The molecule has 40 heavy (non-hydrogen) atoms. The Morgan fingerprint density at radius 3 is 0.625 bits per heavy atom. The van der Waals surface area contributed by atoms with Gasteiger partial charge in [-0.05, 0) is 159 Å². The molecule has 0 amide bonds. The van der Waals surface area contributed by atoms with Crippen LogP contribution in [0.25, 0.3) is 0 Å². The lowest BCUT2D eigenvalue weighted by Crippen LogP contribution is -1.83. The van der Waals surface area contributed by atoms with Gasteiger partial charge in [-0.1, -0.05) is 93.2 Å². The van der Waals surface area contributed by atoms with Gasteiger partial charge in [0.1, 0.15) is 0 Å². The van der Waals surface area contributed by atoms with Crippen LogP contribution < -0.4 is 0 Å². The summed E-state index contributed by atoms with van der Waals surface area (Å²) in [6, 6.07) is 0. The minimum absolute atomic E-state index is 1.16. The molecule has 0 saturated heterocycles. The Morgan fingerprint density at radius 1 is 0.250 bits per heavy atom. The van der Waals surface area contributed by atoms with Crippen molar-refractivity contribution in [2.75, 3.05) is 0 Å². The lowest BCUT2D eigenvalue weighted by molar-refractivity contribution is 0.888. The Hall–Kier alpha value is -2.08. The van der Waals surface area contributed by atoms with Crippen molar-refractivity contribution < 1.29 is 0 Å². The fraction of sp³-hybridized carbons (Fsp3) is 0.600. The van der Waals surface area contributed by atoms with E-state index in [9.17, 15) is 0 Å². The molecule has 0 heteroatoms. The van der Waals surface area contributed by atoms with Crippen molar-refractivity contribution in [2.45, 2.75) is 159 Å². The molecule has 0 nitrogen and oxygen atoms in total. The largest absolute Gasteiger partial charge is 0.0856 e. The molecule has 0 aromatic heterocycles. The number of rotatable bonds is 21. The Labute approximate surface area is 251 Å². The fourth-order valence-electron chi connectivity index (χ4n) is 4.63. The summed E-state index contributed by atoms with van der Waals surface area (Å²) in [6.07, 6.45) is 35.8. The topological polar surface area (TPSA) is 0 Å². The van der Waals surface area contributed by atoms with Gasteiger partial charge in [0.25, 0.3) is 0 Å². The van der Waals surface area contributed by atoms with Crippen molar-refractivity contribution in [3.05, 3.63) is 93.2 Å². The van der Waals surface area contributed by atoms with Gasteiger partial charge in [0, 0.05) is 0 Å². The quantitative estimate of drug-likeness (QED) is 0.0991. The van der Waals surface area contributed by atoms with Crippen molar-refractivity contribution in [3.63, 3.8) is 0 Å². The molecule has 0 N–H and O–H groups in total. The van der Waals surface area contributed by atoms with Crippen LogP contribution in [0.4, 0.5) is 0 Å². The normalized spacial score (nSPS) is 14.1. The summed E-state index contributed by atoms with van der Waals surface area (Å²) >= 11 is 0. The molecule has 0 spiro atoms. The second-order valence-electron chi connectivity index (χ2n) is 12.7.